The summed E-state index contributed by atoms with van der Waals surface area (Å²) in [5, 5.41) is 11.6. The Hall–Kier alpha value is -0.160. The van der Waals surface area contributed by atoms with E-state index in [-0.39, 0.29) is 12.0 Å². The minimum atomic E-state index is 0.0172. The highest BCUT2D eigenvalue weighted by atomic mass is 16.3. The second kappa shape index (κ2) is 5.80. The van der Waals surface area contributed by atoms with Gasteiger partial charge < -0.3 is 10.0 Å². The first-order chi connectivity index (χ1) is 7.09. The number of hydrogen-bond donors (Lipinski definition) is 2. The molecule has 0 bridgehead atoms. The van der Waals surface area contributed by atoms with E-state index in [0.717, 1.165) is 39.1 Å². The number of aliphatic hydroxyl groups is 1. The summed E-state index contributed by atoms with van der Waals surface area (Å²) in [5.74, 6) is 0. The van der Waals surface area contributed by atoms with Crippen molar-refractivity contribution in [2.75, 3.05) is 46.4 Å². The third-order valence-corrected chi connectivity index (χ3v) is 3.47. The number of aliphatic hydroxyl groups excluding tert-OH is 1. The summed E-state index contributed by atoms with van der Waals surface area (Å²) in [7, 11) is 2.15. The molecule has 0 amide bonds. The number of rotatable bonds is 5. The van der Waals surface area contributed by atoms with Crippen molar-refractivity contribution in [1.82, 2.24) is 15.3 Å². The summed E-state index contributed by atoms with van der Waals surface area (Å²) in [6.45, 7) is 9.75. The molecule has 1 aliphatic rings. The largest absolute Gasteiger partial charge is 0.396 e. The maximum absolute atomic E-state index is 9.29. The normalized spacial score (nSPS) is 24.0. The molecule has 1 rings (SSSR count). The van der Waals surface area contributed by atoms with E-state index in [1.54, 1.807) is 0 Å². The van der Waals surface area contributed by atoms with Gasteiger partial charge in [0.05, 0.1) is 0 Å². The average molecular weight is 215 g/mol. The fourth-order valence-corrected chi connectivity index (χ4v) is 1.56. The molecule has 1 aliphatic heterocycles. The summed E-state index contributed by atoms with van der Waals surface area (Å²) < 4.78 is 0. The van der Waals surface area contributed by atoms with Crippen molar-refractivity contribution in [1.29, 1.82) is 0 Å². The maximum Gasteiger partial charge on any atom is 0.0497 e. The van der Waals surface area contributed by atoms with E-state index in [2.05, 4.69) is 36.2 Å². The first-order valence-corrected chi connectivity index (χ1v) is 5.87. The lowest BCUT2D eigenvalue weighted by Gasteiger charge is -2.35. The van der Waals surface area contributed by atoms with E-state index in [9.17, 15) is 5.11 Å². The summed E-state index contributed by atoms with van der Waals surface area (Å²) in [6.07, 6.45) is 1.00. The molecule has 0 aromatic heterocycles. The van der Waals surface area contributed by atoms with E-state index < -0.39 is 0 Å². The summed E-state index contributed by atoms with van der Waals surface area (Å²) >= 11 is 0. The van der Waals surface area contributed by atoms with Crippen LogP contribution in [0.4, 0.5) is 0 Å². The fraction of sp³-hybridized carbons (Fsp3) is 1.00. The number of hydrazine groups is 1. The van der Waals surface area contributed by atoms with Crippen LogP contribution < -0.4 is 5.43 Å². The molecule has 4 nitrogen and oxygen atoms in total. The van der Waals surface area contributed by atoms with E-state index in [0.29, 0.717) is 0 Å². The van der Waals surface area contributed by atoms with Crippen LogP contribution >= 0.6 is 0 Å². The zero-order valence-electron chi connectivity index (χ0n) is 10.3. The molecule has 0 aromatic rings. The van der Waals surface area contributed by atoms with Crippen molar-refractivity contribution in [2.45, 2.75) is 20.3 Å². The third-order valence-electron chi connectivity index (χ3n) is 3.47. The van der Waals surface area contributed by atoms with E-state index in [1.165, 1.54) is 0 Å². The van der Waals surface area contributed by atoms with Crippen LogP contribution in [-0.4, -0.2) is 61.4 Å². The van der Waals surface area contributed by atoms with Crippen molar-refractivity contribution in [2.24, 2.45) is 5.41 Å². The van der Waals surface area contributed by atoms with Crippen molar-refractivity contribution in [3.8, 4) is 0 Å². The molecule has 1 fully saturated rings. The van der Waals surface area contributed by atoms with Crippen LogP contribution in [0.5, 0.6) is 0 Å². The lowest BCUT2D eigenvalue weighted by Crippen LogP contribution is -2.53. The molecule has 0 radical (unpaired) electrons. The summed E-state index contributed by atoms with van der Waals surface area (Å²) in [5.41, 5.74) is 3.45. The standard InChI is InChI=1S/C11H25N3O/c1-4-11(2,10-15)9-12-14-7-5-13(3)6-8-14/h12,15H,4-10H2,1-3H3. The van der Waals surface area contributed by atoms with Crippen LogP contribution in [0.2, 0.25) is 0 Å². The van der Waals surface area contributed by atoms with Crippen molar-refractivity contribution in [3.63, 3.8) is 0 Å². The quantitative estimate of drug-likeness (QED) is 0.684. The fourth-order valence-electron chi connectivity index (χ4n) is 1.56. The molecular weight excluding hydrogens is 190 g/mol. The second-order valence-electron chi connectivity index (χ2n) is 4.95. The molecule has 90 valence electrons. The van der Waals surface area contributed by atoms with Crippen molar-refractivity contribution < 1.29 is 5.11 Å². The van der Waals surface area contributed by atoms with Gasteiger partial charge >= 0.3 is 0 Å². The van der Waals surface area contributed by atoms with Crippen LogP contribution in [0.25, 0.3) is 0 Å². The van der Waals surface area contributed by atoms with Crippen LogP contribution in [0, 0.1) is 5.41 Å². The lowest BCUT2D eigenvalue weighted by molar-refractivity contribution is 0.0620. The van der Waals surface area contributed by atoms with E-state index in [4.69, 9.17) is 0 Å². The lowest BCUT2D eigenvalue weighted by atomic mass is 9.89. The number of likely N-dealkylation sites (N-methyl/N-ethyl adjacent to an activating group) is 1. The highest BCUT2D eigenvalue weighted by Crippen LogP contribution is 2.18. The molecule has 1 atom stereocenters. The van der Waals surface area contributed by atoms with Crippen LogP contribution in [-0.2, 0) is 0 Å². The first kappa shape index (κ1) is 12.9. The number of hydrogen-bond acceptors (Lipinski definition) is 4. The smallest absolute Gasteiger partial charge is 0.0497 e. The van der Waals surface area contributed by atoms with Gasteiger partial charge in [0, 0.05) is 44.7 Å². The van der Waals surface area contributed by atoms with Crippen LogP contribution in [0.3, 0.4) is 0 Å². The van der Waals surface area contributed by atoms with E-state index in [1.807, 2.05) is 0 Å². The van der Waals surface area contributed by atoms with Crippen LogP contribution in [0.15, 0.2) is 0 Å². The SMILES string of the molecule is CCC(C)(CO)CNN1CCN(C)CC1. The summed E-state index contributed by atoms with van der Waals surface area (Å²) in [6, 6.07) is 0. The van der Waals surface area contributed by atoms with Crippen molar-refractivity contribution >= 4 is 0 Å². The molecule has 1 unspecified atom stereocenters. The van der Waals surface area contributed by atoms with Gasteiger partial charge in [-0.1, -0.05) is 13.8 Å². The number of nitrogens with one attached hydrogen (secondary N) is 1. The minimum absolute atomic E-state index is 0.0172. The van der Waals surface area contributed by atoms with Gasteiger partial charge in [-0.25, -0.2) is 5.01 Å². The number of piperazine rings is 1. The van der Waals surface area contributed by atoms with Gasteiger partial charge in [-0.3, -0.25) is 5.43 Å². The van der Waals surface area contributed by atoms with Crippen LogP contribution in [0.1, 0.15) is 20.3 Å². The Morgan fingerprint density at radius 1 is 1.27 bits per heavy atom. The van der Waals surface area contributed by atoms with Gasteiger partial charge in [-0.15, -0.1) is 0 Å². The molecule has 4 heteroatoms. The zero-order chi connectivity index (χ0) is 11.3. The predicted octanol–water partition coefficient (Wildman–Crippen LogP) is 0.147. The zero-order valence-corrected chi connectivity index (χ0v) is 10.3. The maximum atomic E-state index is 9.29. The highest BCUT2D eigenvalue weighted by Gasteiger charge is 2.22. The monoisotopic (exact) mass is 215 g/mol. The Morgan fingerprint density at radius 3 is 2.33 bits per heavy atom. The Balaban J connectivity index is 2.24. The van der Waals surface area contributed by atoms with Gasteiger partial charge in [0.25, 0.3) is 0 Å². The Labute approximate surface area is 93.2 Å². The molecular formula is C11H25N3O. The van der Waals surface area contributed by atoms with Gasteiger partial charge in [0.2, 0.25) is 0 Å². The van der Waals surface area contributed by atoms with Gasteiger partial charge in [0.1, 0.15) is 0 Å². The molecule has 0 spiro atoms. The average Bonchev–Trinajstić information content (AvgIpc) is 2.28. The first-order valence-electron chi connectivity index (χ1n) is 5.87. The third kappa shape index (κ3) is 4.07. The Bertz CT molecular complexity index is 175. The van der Waals surface area contributed by atoms with E-state index >= 15 is 0 Å². The molecule has 2 N–H and O–H groups in total. The predicted molar refractivity (Wildman–Crippen MR) is 62.6 cm³/mol. The summed E-state index contributed by atoms with van der Waals surface area (Å²) in [4.78, 5) is 2.34. The highest BCUT2D eigenvalue weighted by molar-refractivity contribution is 4.75. The van der Waals surface area contributed by atoms with Crippen molar-refractivity contribution in [3.05, 3.63) is 0 Å². The molecule has 0 saturated carbocycles. The topological polar surface area (TPSA) is 38.7 Å². The van der Waals surface area contributed by atoms with Gasteiger partial charge in [-0.2, -0.15) is 0 Å². The molecule has 15 heavy (non-hydrogen) atoms. The molecule has 1 saturated heterocycles. The molecule has 1 heterocycles. The second-order valence-corrected chi connectivity index (χ2v) is 4.95. The Morgan fingerprint density at radius 2 is 1.87 bits per heavy atom. The van der Waals surface area contributed by atoms with Gasteiger partial charge in [0.15, 0.2) is 0 Å². The van der Waals surface area contributed by atoms with Gasteiger partial charge in [-0.05, 0) is 13.5 Å². The Kier molecular flexibility index (Phi) is 4.99. The minimum Gasteiger partial charge on any atom is -0.396 e. The number of nitrogens with zero attached hydrogens (tertiary/aromatic N) is 2. The molecule has 0 aliphatic carbocycles. The molecule has 0 aromatic carbocycles.